The fourth-order valence-electron chi connectivity index (χ4n) is 5.19. The first-order valence-electron chi connectivity index (χ1n) is 12.0. The molecule has 1 aliphatic carbocycles. The maximum atomic E-state index is 9.79. The smallest absolute Gasteiger partial charge is 0.157 e. The van der Waals surface area contributed by atoms with Crippen LogP contribution in [0.4, 0.5) is 0 Å². The maximum Gasteiger partial charge on any atom is 0.157 e. The Balaban J connectivity index is 1.78. The van der Waals surface area contributed by atoms with Gasteiger partial charge in [-0.25, -0.2) is 0 Å². The van der Waals surface area contributed by atoms with Crippen LogP contribution in [0.1, 0.15) is 91.5 Å². The van der Waals surface area contributed by atoms with Gasteiger partial charge in [0.05, 0.1) is 5.66 Å². The molecular weight excluding hydrogens is 384 g/mol. The average molecular weight is 427 g/mol. The molecule has 0 saturated heterocycles. The summed E-state index contributed by atoms with van der Waals surface area (Å²) in [4.78, 5) is 2.64. The molecule has 1 fully saturated rings. The number of phenols is 2. The molecule has 4 heteroatoms. The Hall–Kier alpha value is -1.94. The van der Waals surface area contributed by atoms with Gasteiger partial charge in [-0.2, -0.15) is 0 Å². The first kappa shape index (κ1) is 23.7. The maximum absolute atomic E-state index is 9.79. The van der Waals surface area contributed by atoms with Gasteiger partial charge in [0.2, 0.25) is 0 Å². The first-order valence-corrected chi connectivity index (χ1v) is 12.0. The fraction of sp³-hybridized carbons (Fsp3) is 0.630. The molecule has 0 aromatic heterocycles. The third kappa shape index (κ3) is 6.06. The van der Waals surface area contributed by atoms with Crippen LogP contribution in [-0.4, -0.2) is 33.4 Å². The number of aromatic hydroxyl groups is 2. The number of nitrogens with one attached hydrogen (secondary N) is 1. The van der Waals surface area contributed by atoms with Gasteiger partial charge in [-0.3, -0.25) is 5.32 Å². The SMILES string of the molecule is C/C(=C/c1ccc(O)c(O)c1)CCN1C(C(C)(C)C)=CCCC1(C)NC1CCCCC1. The molecule has 2 aliphatic rings. The summed E-state index contributed by atoms with van der Waals surface area (Å²) in [5.41, 5.74) is 3.72. The number of hydrogen-bond donors (Lipinski definition) is 3. The van der Waals surface area contributed by atoms with Gasteiger partial charge in [-0.05, 0) is 63.6 Å². The number of nitrogens with zero attached hydrogens (tertiary/aromatic N) is 1. The zero-order valence-corrected chi connectivity index (χ0v) is 20.2. The molecule has 31 heavy (non-hydrogen) atoms. The van der Waals surface area contributed by atoms with Crippen LogP contribution in [0.15, 0.2) is 35.5 Å². The highest BCUT2D eigenvalue weighted by Crippen LogP contribution is 2.39. The summed E-state index contributed by atoms with van der Waals surface area (Å²) in [6.07, 6.45) is 14.4. The zero-order chi connectivity index (χ0) is 22.6. The van der Waals surface area contributed by atoms with Crippen molar-refractivity contribution in [1.29, 1.82) is 0 Å². The Bertz CT molecular complexity index is 815. The van der Waals surface area contributed by atoms with Gasteiger partial charge in [-0.1, -0.05) is 63.8 Å². The summed E-state index contributed by atoms with van der Waals surface area (Å²) < 4.78 is 0. The Morgan fingerprint density at radius 3 is 2.52 bits per heavy atom. The van der Waals surface area contributed by atoms with Crippen molar-refractivity contribution in [2.75, 3.05) is 6.54 Å². The van der Waals surface area contributed by atoms with E-state index in [1.54, 1.807) is 12.1 Å². The summed E-state index contributed by atoms with van der Waals surface area (Å²) in [7, 11) is 0. The van der Waals surface area contributed by atoms with Crippen molar-refractivity contribution < 1.29 is 10.2 Å². The Kier molecular flexibility index (Phi) is 7.41. The standard InChI is InChI=1S/C27H42N2O2/c1-20(18-21-13-14-23(30)24(31)19-21)15-17-29-25(26(2,3)4)12-9-16-27(29,5)28-22-10-7-6-8-11-22/h12-14,18-19,22,28,30-31H,6-11,15-17H2,1-5H3/b20-18-. The van der Waals surface area contributed by atoms with Gasteiger partial charge in [-0.15, -0.1) is 0 Å². The van der Waals surface area contributed by atoms with E-state index in [0.29, 0.717) is 6.04 Å². The van der Waals surface area contributed by atoms with E-state index in [4.69, 9.17) is 0 Å². The molecule has 3 rings (SSSR count). The third-order valence-electron chi connectivity index (χ3n) is 6.89. The number of benzene rings is 1. The van der Waals surface area contributed by atoms with Crippen LogP contribution in [0.3, 0.4) is 0 Å². The van der Waals surface area contributed by atoms with Crippen molar-refractivity contribution in [3.63, 3.8) is 0 Å². The van der Waals surface area contributed by atoms with Crippen molar-refractivity contribution in [1.82, 2.24) is 10.2 Å². The zero-order valence-electron chi connectivity index (χ0n) is 20.2. The lowest BCUT2D eigenvalue weighted by atomic mass is 9.83. The summed E-state index contributed by atoms with van der Waals surface area (Å²) in [6.45, 7) is 12.5. The molecule has 1 atom stereocenters. The highest BCUT2D eigenvalue weighted by molar-refractivity contribution is 5.57. The highest BCUT2D eigenvalue weighted by atomic mass is 16.3. The second-order valence-corrected chi connectivity index (χ2v) is 10.8. The lowest BCUT2D eigenvalue weighted by Gasteiger charge is -2.52. The number of rotatable bonds is 6. The lowest BCUT2D eigenvalue weighted by Crippen LogP contribution is -2.62. The third-order valence-corrected chi connectivity index (χ3v) is 6.89. The Labute approximate surface area is 189 Å². The minimum absolute atomic E-state index is 0.0174. The van der Waals surface area contributed by atoms with Gasteiger partial charge in [0.25, 0.3) is 0 Å². The van der Waals surface area contributed by atoms with E-state index in [0.717, 1.165) is 31.4 Å². The van der Waals surface area contributed by atoms with Gasteiger partial charge in [0, 0.05) is 23.7 Å². The van der Waals surface area contributed by atoms with Gasteiger partial charge in [0.15, 0.2) is 11.5 Å². The van der Waals surface area contributed by atoms with Gasteiger partial charge < -0.3 is 15.1 Å². The van der Waals surface area contributed by atoms with E-state index in [1.807, 2.05) is 6.07 Å². The first-order chi connectivity index (χ1) is 14.6. The summed E-state index contributed by atoms with van der Waals surface area (Å²) in [6, 6.07) is 5.63. The molecule has 0 bridgehead atoms. The van der Waals surface area contributed by atoms with Crippen LogP contribution >= 0.6 is 0 Å². The molecule has 4 nitrogen and oxygen atoms in total. The second-order valence-electron chi connectivity index (χ2n) is 10.8. The van der Waals surface area contributed by atoms with Crippen LogP contribution in [0, 0.1) is 5.41 Å². The van der Waals surface area contributed by atoms with Crippen LogP contribution in [-0.2, 0) is 0 Å². The molecular formula is C27H42N2O2. The summed E-state index contributed by atoms with van der Waals surface area (Å²) in [5, 5.41) is 23.4. The number of allylic oxidation sites excluding steroid dienone is 2. The van der Waals surface area contributed by atoms with Crippen molar-refractivity contribution in [3.05, 3.63) is 41.1 Å². The monoisotopic (exact) mass is 426 g/mol. The van der Waals surface area contributed by atoms with Crippen LogP contribution in [0.5, 0.6) is 11.5 Å². The van der Waals surface area contributed by atoms with Crippen molar-refractivity contribution in [2.24, 2.45) is 5.41 Å². The van der Waals surface area contributed by atoms with Crippen molar-refractivity contribution in [3.8, 4) is 11.5 Å². The summed E-state index contributed by atoms with van der Waals surface area (Å²) >= 11 is 0. The molecule has 1 unspecified atom stereocenters. The van der Waals surface area contributed by atoms with E-state index in [1.165, 1.54) is 43.4 Å². The lowest BCUT2D eigenvalue weighted by molar-refractivity contribution is 0.0476. The molecule has 0 radical (unpaired) electrons. The van der Waals surface area contributed by atoms with Crippen LogP contribution in [0.2, 0.25) is 0 Å². The molecule has 0 amide bonds. The topological polar surface area (TPSA) is 55.7 Å². The molecule has 0 spiro atoms. The molecule has 1 aromatic carbocycles. The summed E-state index contributed by atoms with van der Waals surface area (Å²) in [5.74, 6) is -0.146. The molecule has 1 heterocycles. The highest BCUT2D eigenvalue weighted by Gasteiger charge is 2.40. The normalized spacial score (nSPS) is 23.7. The predicted octanol–water partition coefficient (Wildman–Crippen LogP) is 6.56. The molecule has 172 valence electrons. The van der Waals surface area contributed by atoms with E-state index >= 15 is 0 Å². The molecule has 1 aliphatic heterocycles. The molecule has 1 saturated carbocycles. The van der Waals surface area contributed by atoms with Gasteiger partial charge >= 0.3 is 0 Å². The van der Waals surface area contributed by atoms with E-state index < -0.39 is 0 Å². The van der Waals surface area contributed by atoms with E-state index in [2.05, 4.69) is 57.0 Å². The quantitative estimate of drug-likeness (QED) is 0.451. The fourth-order valence-corrected chi connectivity index (χ4v) is 5.19. The Morgan fingerprint density at radius 2 is 1.87 bits per heavy atom. The van der Waals surface area contributed by atoms with Crippen molar-refractivity contribution >= 4 is 6.08 Å². The van der Waals surface area contributed by atoms with Crippen molar-refractivity contribution in [2.45, 2.75) is 97.7 Å². The van der Waals surface area contributed by atoms with Crippen LogP contribution < -0.4 is 5.32 Å². The van der Waals surface area contributed by atoms with E-state index in [9.17, 15) is 10.2 Å². The van der Waals surface area contributed by atoms with Gasteiger partial charge in [0.1, 0.15) is 0 Å². The predicted molar refractivity (Wildman–Crippen MR) is 130 cm³/mol. The second kappa shape index (κ2) is 9.68. The minimum Gasteiger partial charge on any atom is -0.504 e. The Morgan fingerprint density at radius 1 is 1.16 bits per heavy atom. The number of hydrogen-bond acceptors (Lipinski definition) is 4. The molecule has 3 N–H and O–H groups in total. The van der Waals surface area contributed by atoms with Crippen LogP contribution in [0.25, 0.3) is 6.08 Å². The number of phenolic OH excluding ortho intramolecular Hbond substituents is 2. The minimum atomic E-state index is -0.0763. The molecule has 1 aromatic rings. The average Bonchev–Trinajstić information content (AvgIpc) is 2.69. The largest absolute Gasteiger partial charge is 0.504 e. The van der Waals surface area contributed by atoms with E-state index in [-0.39, 0.29) is 22.6 Å².